The number of hydrogen-bond donors (Lipinski definition) is 1. The van der Waals surface area contributed by atoms with Crippen molar-refractivity contribution in [3.63, 3.8) is 0 Å². The van der Waals surface area contributed by atoms with Gasteiger partial charge < -0.3 is 43.2 Å². The molecule has 250 valence electrons. The van der Waals surface area contributed by atoms with Gasteiger partial charge >= 0.3 is 5.97 Å². The Morgan fingerprint density at radius 1 is 0.935 bits per heavy atom. The number of esters is 1. The lowest BCUT2D eigenvalue weighted by Crippen LogP contribution is -2.50. The first-order chi connectivity index (χ1) is 22.5. The Morgan fingerprint density at radius 3 is 2.39 bits per heavy atom. The Morgan fingerprint density at radius 2 is 1.67 bits per heavy atom. The molecule has 5 rings (SSSR count). The van der Waals surface area contributed by atoms with Crippen LogP contribution in [-0.2, 0) is 35.0 Å². The summed E-state index contributed by atoms with van der Waals surface area (Å²) in [6, 6.07) is 13.2. The average Bonchev–Trinajstić information content (AvgIpc) is 3.56. The molecule has 12 heteroatoms. The van der Waals surface area contributed by atoms with E-state index in [0.717, 1.165) is 42.3 Å². The molecule has 3 aliphatic heterocycles. The van der Waals surface area contributed by atoms with Gasteiger partial charge in [-0.05, 0) is 54.8 Å². The van der Waals surface area contributed by atoms with Crippen LogP contribution in [0.4, 0.5) is 0 Å². The fourth-order valence-electron chi connectivity index (χ4n) is 5.94. The van der Waals surface area contributed by atoms with E-state index in [1.165, 1.54) is 7.11 Å². The predicted molar refractivity (Wildman–Crippen MR) is 166 cm³/mol. The van der Waals surface area contributed by atoms with Crippen molar-refractivity contribution in [3.05, 3.63) is 71.0 Å². The Labute approximate surface area is 269 Å². The van der Waals surface area contributed by atoms with Crippen LogP contribution in [0.1, 0.15) is 40.7 Å². The molecule has 3 aliphatic rings. The Kier molecular flexibility index (Phi) is 12.3. The lowest BCUT2D eigenvalue weighted by molar-refractivity contribution is -0.172. The normalized spacial score (nSPS) is 21.1. The van der Waals surface area contributed by atoms with Gasteiger partial charge in [-0.1, -0.05) is 18.2 Å². The Bertz CT molecular complexity index is 1330. The second-order valence-corrected chi connectivity index (χ2v) is 11.3. The Hall–Kier alpha value is -3.68. The molecule has 0 bridgehead atoms. The van der Waals surface area contributed by atoms with E-state index in [1.54, 1.807) is 12.1 Å². The van der Waals surface area contributed by atoms with Crippen LogP contribution in [0.15, 0.2) is 54.3 Å². The largest absolute Gasteiger partial charge is 0.465 e. The number of piperazine rings is 1. The molecule has 46 heavy (non-hydrogen) atoms. The van der Waals surface area contributed by atoms with Crippen molar-refractivity contribution in [3.8, 4) is 11.5 Å². The molecule has 12 nitrogen and oxygen atoms in total. The van der Waals surface area contributed by atoms with Gasteiger partial charge in [0.2, 0.25) is 13.1 Å². The number of aliphatic hydroxyl groups excluding tert-OH is 1. The molecule has 0 radical (unpaired) electrons. The molecule has 1 amide bonds. The fraction of sp³-hybridized carbons (Fsp3) is 0.529. The number of ether oxygens (including phenoxy) is 7. The highest BCUT2D eigenvalue weighted by atomic mass is 16.7. The van der Waals surface area contributed by atoms with E-state index in [0.29, 0.717) is 51.5 Å². The smallest absolute Gasteiger partial charge is 0.337 e. The van der Waals surface area contributed by atoms with Crippen LogP contribution in [0.3, 0.4) is 0 Å². The van der Waals surface area contributed by atoms with Crippen LogP contribution in [0.5, 0.6) is 11.5 Å². The lowest BCUT2D eigenvalue weighted by Gasteiger charge is -2.39. The van der Waals surface area contributed by atoms with Gasteiger partial charge in [-0.2, -0.15) is 0 Å². The standard InChI is InChI=1S/C34H44N2O10/c1-3-43-34-27(10-16-41-18-19-42-17-15-37)28(25-5-7-26(8-6-25)33(39)40-2)21-31(46-34)32(38)36-13-11-35(12-14-36)22-24-4-9-29-30(20-24)45-23-44-29/h4-9,20-21,27-28,34,37H,3,10-19,22-23H2,1-2H3/t27-,28+,34+/m0/s1. The molecule has 0 unspecified atom stereocenters. The molecule has 0 spiro atoms. The topological polar surface area (TPSA) is 125 Å². The number of allylic oxidation sites excluding steroid dienone is 1. The highest BCUT2D eigenvalue weighted by molar-refractivity contribution is 5.92. The second-order valence-electron chi connectivity index (χ2n) is 11.3. The van der Waals surface area contributed by atoms with Gasteiger partial charge in [-0.15, -0.1) is 0 Å². The number of rotatable bonds is 15. The first-order valence-corrected chi connectivity index (χ1v) is 15.9. The zero-order chi connectivity index (χ0) is 32.3. The maximum atomic E-state index is 13.9. The minimum absolute atomic E-state index is 0.0316. The van der Waals surface area contributed by atoms with Crippen molar-refractivity contribution in [1.82, 2.24) is 9.80 Å². The molecule has 0 aliphatic carbocycles. The van der Waals surface area contributed by atoms with Crippen molar-refractivity contribution in [1.29, 1.82) is 0 Å². The quantitative estimate of drug-likeness (QED) is 0.228. The number of carbonyl (C=O) groups is 2. The van der Waals surface area contributed by atoms with E-state index in [9.17, 15) is 9.59 Å². The number of amides is 1. The van der Waals surface area contributed by atoms with Gasteiger partial charge in [-0.3, -0.25) is 9.69 Å². The molecular formula is C34H44N2O10. The monoisotopic (exact) mass is 640 g/mol. The fourth-order valence-corrected chi connectivity index (χ4v) is 5.94. The molecule has 1 saturated heterocycles. The second kappa shape index (κ2) is 16.8. The van der Waals surface area contributed by atoms with Crippen molar-refractivity contribution < 1.29 is 47.9 Å². The highest BCUT2D eigenvalue weighted by Crippen LogP contribution is 2.39. The summed E-state index contributed by atoms with van der Waals surface area (Å²) in [7, 11) is 1.35. The third-order valence-corrected chi connectivity index (χ3v) is 8.35. The third kappa shape index (κ3) is 8.56. The number of hydrogen-bond acceptors (Lipinski definition) is 11. The zero-order valence-corrected chi connectivity index (χ0v) is 26.6. The van der Waals surface area contributed by atoms with Crippen LogP contribution in [0.2, 0.25) is 0 Å². The van der Waals surface area contributed by atoms with Gasteiger partial charge in [0.05, 0.1) is 39.1 Å². The molecule has 2 aromatic carbocycles. The minimum atomic E-state index is -0.666. The van der Waals surface area contributed by atoms with Crippen molar-refractivity contribution in [2.24, 2.45) is 5.92 Å². The predicted octanol–water partition coefficient (Wildman–Crippen LogP) is 2.94. The van der Waals surface area contributed by atoms with Crippen molar-refractivity contribution in [2.75, 3.05) is 79.7 Å². The van der Waals surface area contributed by atoms with E-state index in [4.69, 9.17) is 38.3 Å². The van der Waals surface area contributed by atoms with Crippen LogP contribution >= 0.6 is 0 Å². The number of aliphatic hydroxyl groups is 1. The number of fused-ring (bicyclic) bond motifs is 1. The van der Waals surface area contributed by atoms with Gasteiger partial charge in [-0.25, -0.2) is 4.79 Å². The molecule has 3 heterocycles. The summed E-state index contributed by atoms with van der Waals surface area (Å²) in [5.74, 6) is 0.834. The first kappa shape index (κ1) is 33.7. The van der Waals surface area contributed by atoms with Crippen LogP contribution in [0.25, 0.3) is 0 Å². The van der Waals surface area contributed by atoms with Crippen molar-refractivity contribution in [2.45, 2.75) is 32.1 Å². The van der Waals surface area contributed by atoms with Gasteiger partial charge in [0.1, 0.15) is 0 Å². The van der Waals surface area contributed by atoms with E-state index in [2.05, 4.69) is 4.90 Å². The summed E-state index contributed by atoms with van der Waals surface area (Å²) in [6.07, 6.45) is 1.82. The summed E-state index contributed by atoms with van der Waals surface area (Å²) < 4.78 is 39.3. The average molecular weight is 641 g/mol. The highest BCUT2D eigenvalue weighted by Gasteiger charge is 2.39. The molecule has 2 aromatic rings. The molecule has 0 aromatic heterocycles. The lowest BCUT2D eigenvalue weighted by atomic mass is 9.81. The van der Waals surface area contributed by atoms with E-state index in [-0.39, 0.29) is 43.5 Å². The molecule has 1 N–H and O–H groups in total. The number of benzene rings is 2. The summed E-state index contributed by atoms with van der Waals surface area (Å²) in [4.78, 5) is 30.1. The summed E-state index contributed by atoms with van der Waals surface area (Å²) in [6.45, 7) is 7.34. The van der Waals surface area contributed by atoms with Gasteiger partial charge in [0.15, 0.2) is 17.3 Å². The summed E-state index contributed by atoms with van der Waals surface area (Å²) >= 11 is 0. The van der Waals surface area contributed by atoms with Crippen LogP contribution in [-0.4, -0.2) is 113 Å². The maximum Gasteiger partial charge on any atom is 0.337 e. The molecule has 0 saturated carbocycles. The van der Waals surface area contributed by atoms with Gasteiger partial charge in [0, 0.05) is 57.8 Å². The maximum absolute atomic E-state index is 13.9. The zero-order valence-electron chi connectivity index (χ0n) is 26.6. The molecular weight excluding hydrogens is 596 g/mol. The van der Waals surface area contributed by atoms with Crippen molar-refractivity contribution >= 4 is 11.9 Å². The first-order valence-electron chi connectivity index (χ1n) is 15.9. The SMILES string of the molecule is CCO[C@@H]1OC(C(=O)N2CCN(Cc3ccc4c(c3)OCO4)CC2)=C[C@H](c2ccc(C(=O)OC)cc2)[C@@H]1CCOCCOCCO. The summed E-state index contributed by atoms with van der Waals surface area (Å²) in [5, 5.41) is 8.89. The van der Waals surface area contributed by atoms with Crippen LogP contribution in [0, 0.1) is 5.92 Å². The molecule has 3 atom stereocenters. The van der Waals surface area contributed by atoms with Crippen LogP contribution < -0.4 is 9.47 Å². The molecule has 1 fully saturated rings. The third-order valence-electron chi connectivity index (χ3n) is 8.35. The van der Waals surface area contributed by atoms with E-state index >= 15 is 0 Å². The van der Waals surface area contributed by atoms with E-state index in [1.807, 2.05) is 48.2 Å². The van der Waals surface area contributed by atoms with Gasteiger partial charge in [0.25, 0.3) is 5.91 Å². The number of carbonyl (C=O) groups excluding carboxylic acids is 2. The number of methoxy groups -OCH3 is 1. The number of nitrogens with zero attached hydrogens (tertiary/aromatic N) is 2. The van der Waals surface area contributed by atoms with E-state index < -0.39 is 12.3 Å². The minimum Gasteiger partial charge on any atom is -0.465 e. The summed E-state index contributed by atoms with van der Waals surface area (Å²) in [5.41, 5.74) is 2.51. The Balaban J connectivity index is 1.27.